The van der Waals surface area contributed by atoms with Crippen LogP contribution in [0.25, 0.3) is 0 Å². The van der Waals surface area contributed by atoms with Crippen molar-refractivity contribution in [1.82, 2.24) is 15.3 Å². The lowest BCUT2D eigenvalue weighted by atomic mass is 10.1. The molecule has 2 heterocycles. The second kappa shape index (κ2) is 5.89. The Kier molecular flexibility index (Phi) is 4.22. The van der Waals surface area contributed by atoms with Crippen LogP contribution in [0.15, 0.2) is 11.4 Å². The highest BCUT2D eigenvalue weighted by Crippen LogP contribution is 2.26. The number of rotatable bonds is 3. The molecule has 1 unspecified atom stereocenters. The summed E-state index contributed by atoms with van der Waals surface area (Å²) >= 11 is 1.43. The molecule has 2 rings (SSSR count). The maximum absolute atomic E-state index is 11.6. The summed E-state index contributed by atoms with van der Waals surface area (Å²) in [5.74, 6) is 0.637. The Labute approximate surface area is 116 Å². The topological polar surface area (TPSA) is 81.9 Å². The van der Waals surface area contributed by atoms with Crippen LogP contribution >= 0.6 is 11.8 Å². The lowest BCUT2D eigenvalue weighted by molar-refractivity contribution is -0.123. The first-order chi connectivity index (χ1) is 9.19. The van der Waals surface area contributed by atoms with Crippen molar-refractivity contribution in [2.24, 2.45) is 5.92 Å². The van der Waals surface area contributed by atoms with Crippen LogP contribution in [0.2, 0.25) is 0 Å². The third-order valence-electron chi connectivity index (χ3n) is 3.15. The molecule has 1 aliphatic heterocycles. The second-order valence-electron chi connectivity index (χ2n) is 4.25. The summed E-state index contributed by atoms with van der Waals surface area (Å²) in [5, 5.41) is 12.4. The van der Waals surface area contributed by atoms with Crippen LogP contribution in [0.1, 0.15) is 12.0 Å². The van der Waals surface area contributed by atoms with E-state index in [1.807, 2.05) is 11.2 Å². The van der Waals surface area contributed by atoms with Crippen molar-refractivity contribution in [3.05, 3.63) is 11.8 Å². The van der Waals surface area contributed by atoms with Crippen molar-refractivity contribution < 1.29 is 4.79 Å². The summed E-state index contributed by atoms with van der Waals surface area (Å²) in [6.07, 6.45) is 4.22. The lowest BCUT2D eigenvalue weighted by Gasteiger charge is -2.18. The molecule has 1 atom stereocenters. The van der Waals surface area contributed by atoms with Gasteiger partial charge in [0, 0.05) is 20.1 Å². The number of carbonyl (C=O) groups excluding carboxylic acids is 1. The number of carbonyl (C=O) groups is 1. The van der Waals surface area contributed by atoms with Gasteiger partial charge < -0.3 is 10.2 Å². The molecule has 1 amide bonds. The molecule has 1 N–H and O–H groups in total. The second-order valence-corrected chi connectivity index (χ2v) is 5.03. The molecule has 0 aliphatic carbocycles. The van der Waals surface area contributed by atoms with Crippen LogP contribution in [-0.4, -0.2) is 42.3 Å². The van der Waals surface area contributed by atoms with Gasteiger partial charge in [-0.1, -0.05) is 11.8 Å². The Bertz CT molecular complexity index is 527. The standard InChI is InChI=1S/C12H15N5OS/c1-14-11(18)8-3-4-17(7-8)10-9(5-13)6-15-12(16-10)19-2/h6,8H,3-4,7H2,1-2H3,(H,14,18). The van der Waals surface area contributed by atoms with E-state index in [9.17, 15) is 4.79 Å². The zero-order valence-electron chi connectivity index (χ0n) is 10.9. The molecule has 0 saturated carbocycles. The Morgan fingerprint density at radius 3 is 3.11 bits per heavy atom. The van der Waals surface area contributed by atoms with Crippen LogP contribution in [0.4, 0.5) is 5.82 Å². The van der Waals surface area contributed by atoms with Gasteiger partial charge in [-0.3, -0.25) is 4.79 Å². The maximum atomic E-state index is 11.6. The highest BCUT2D eigenvalue weighted by Gasteiger charge is 2.29. The number of anilines is 1. The van der Waals surface area contributed by atoms with Gasteiger partial charge in [-0.25, -0.2) is 9.97 Å². The first-order valence-corrected chi connectivity index (χ1v) is 7.19. The predicted octanol–water partition coefficient (Wildman–Crippen LogP) is 0.642. The third kappa shape index (κ3) is 2.79. The minimum atomic E-state index is -0.0377. The van der Waals surface area contributed by atoms with E-state index in [-0.39, 0.29) is 11.8 Å². The highest BCUT2D eigenvalue weighted by molar-refractivity contribution is 7.98. The molecule has 19 heavy (non-hydrogen) atoms. The summed E-state index contributed by atoms with van der Waals surface area (Å²) in [4.78, 5) is 22.1. The van der Waals surface area contributed by atoms with E-state index in [0.29, 0.717) is 23.1 Å². The monoisotopic (exact) mass is 277 g/mol. The SMILES string of the molecule is CNC(=O)C1CCN(c2nc(SC)ncc2C#N)C1. The van der Waals surface area contributed by atoms with Crippen molar-refractivity contribution in [2.75, 3.05) is 31.3 Å². The summed E-state index contributed by atoms with van der Waals surface area (Å²) < 4.78 is 0. The van der Waals surface area contributed by atoms with Crippen LogP contribution in [0, 0.1) is 17.2 Å². The van der Waals surface area contributed by atoms with E-state index in [4.69, 9.17) is 5.26 Å². The minimum Gasteiger partial charge on any atom is -0.359 e. The zero-order chi connectivity index (χ0) is 13.8. The first-order valence-electron chi connectivity index (χ1n) is 5.97. The van der Waals surface area contributed by atoms with Crippen LogP contribution < -0.4 is 10.2 Å². The molecule has 7 heteroatoms. The number of nitrogens with one attached hydrogen (secondary N) is 1. The number of hydrogen-bond donors (Lipinski definition) is 1. The molecule has 1 fully saturated rings. The summed E-state index contributed by atoms with van der Waals surface area (Å²) in [6.45, 7) is 1.33. The lowest BCUT2D eigenvalue weighted by Crippen LogP contribution is -2.30. The molecule has 6 nitrogen and oxygen atoms in total. The molecular weight excluding hydrogens is 262 g/mol. The van der Waals surface area contributed by atoms with E-state index >= 15 is 0 Å². The smallest absolute Gasteiger partial charge is 0.224 e. The van der Waals surface area contributed by atoms with Crippen molar-refractivity contribution in [2.45, 2.75) is 11.6 Å². The maximum Gasteiger partial charge on any atom is 0.224 e. The number of nitrogens with zero attached hydrogens (tertiary/aromatic N) is 4. The molecule has 1 aromatic heterocycles. The van der Waals surface area contributed by atoms with Gasteiger partial charge in [-0.05, 0) is 12.7 Å². The molecule has 1 saturated heterocycles. The van der Waals surface area contributed by atoms with Crippen molar-refractivity contribution >= 4 is 23.5 Å². The number of thioether (sulfide) groups is 1. The quantitative estimate of drug-likeness (QED) is 0.645. The Balaban J connectivity index is 2.23. The fourth-order valence-electron chi connectivity index (χ4n) is 2.15. The molecule has 1 aliphatic rings. The third-order valence-corrected chi connectivity index (χ3v) is 3.72. The Hall–Kier alpha value is -1.81. The van der Waals surface area contributed by atoms with Gasteiger partial charge in [0.25, 0.3) is 0 Å². The van der Waals surface area contributed by atoms with Crippen LogP contribution in [0.3, 0.4) is 0 Å². The van der Waals surface area contributed by atoms with E-state index in [2.05, 4.69) is 21.4 Å². The summed E-state index contributed by atoms with van der Waals surface area (Å²) in [7, 11) is 1.64. The highest BCUT2D eigenvalue weighted by atomic mass is 32.2. The van der Waals surface area contributed by atoms with Crippen molar-refractivity contribution in [3.63, 3.8) is 0 Å². The molecular formula is C12H15N5OS. The Morgan fingerprint density at radius 2 is 2.47 bits per heavy atom. The Morgan fingerprint density at radius 1 is 1.68 bits per heavy atom. The average molecular weight is 277 g/mol. The number of hydrogen-bond acceptors (Lipinski definition) is 6. The fourth-order valence-corrected chi connectivity index (χ4v) is 2.48. The predicted molar refractivity (Wildman–Crippen MR) is 72.9 cm³/mol. The van der Waals surface area contributed by atoms with Gasteiger partial charge in [-0.2, -0.15) is 5.26 Å². The van der Waals surface area contributed by atoms with Gasteiger partial charge >= 0.3 is 0 Å². The first kappa shape index (κ1) is 13.6. The molecule has 0 spiro atoms. The molecule has 0 bridgehead atoms. The number of amides is 1. The number of nitriles is 1. The van der Waals surface area contributed by atoms with Crippen molar-refractivity contribution in [1.29, 1.82) is 5.26 Å². The van der Waals surface area contributed by atoms with Gasteiger partial charge in [0.15, 0.2) is 11.0 Å². The van der Waals surface area contributed by atoms with Gasteiger partial charge in [0.05, 0.1) is 12.1 Å². The van der Waals surface area contributed by atoms with Gasteiger partial charge in [0.2, 0.25) is 5.91 Å². The van der Waals surface area contributed by atoms with Gasteiger partial charge in [0.1, 0.15) is 11.6 Å². The summed E-state index contributed by atoms with van der Waals surface area (Å²) in [5.41, 5.74) is 0.454. The van der Waals surface area contributed by atoms with Crippen LogP contribution in [0.5, 0.6) is 0 Å². The van der Waals surface area contributed by atoms with E-state index in [1.54, 1.807) is 13.2 Å². The van der Waals surface area contributed by atoms with Gasteiger partial charge in [-0.15, -0.1) is 0 Å². The largest absolute Gasteiger partial charge is 0.359 e. The minimum absolute atomic E-state index is 0.0377. The normalized spacial score (nSPS) is 18.2. The summed E-state index contributed by atoms with van der Waals surface area (Å²) in [6, 6.07) is 2.11. The molecule has 1 aromatic rings. The average Bonchev–Trinajstić information content (AvgIpc) is 2.95. The zero-order valence-corrected chi connectivity index (χ0v) is 11.7. The number of aromatic nitrogens is 2. The molecule has 0 aromatic carbocycles. The van der Waals surface area contributed by atoms with Crippen LogP contribution in [-0.2, 0) is 4.79 Å². The molecule has 0 radical (unpaired) electrons. The van der Waals surface area contributed by atoms with E-state index < -0.39 is 0 Å². The van der Waals surface area contributed by atoms with Crippen molar-refractivity contribution in [3.8, 4) is 6.07 Å². The fraction of sp³-hybridized carbons (Fsp3) is 0.500. The van der Waals surface area contributed by atoms with E-state index in [1.165, 1.54) is 11.8 Å². The molecule has 100 valence electrons. The van der Waals surface area contributed by atoms with E-state index in [0.717, 1.165) is 13.0 Å².